The van der Waals surface area contributed by atoms with Gasteiger partial charge in [0.1, 0.15) is 9.92 Å². The Morgan fingerprint density at radius 3 is 2.10 bits per heavy atom. The molecule has 0 spiro atoms. The molecule has 4 rings (SSSR count). The number of aliphatic hydroxyl groups is 1. The molecule has 0 saturated carbocycles. The average Bonchev–Trinajstić information content (AvgIpc) is 2.95. The summed E-state index contributed by atoms with van der Waals surface area (Å²) in [6.45, 7) is 0.514. The van der Waals surface area contributed by atoms with E-state index in [0.29, 0.717) is 16.5 Å². The maximum Gasteiger partial charge on any atom is 0.137 e. The van der Waals surface area contributed by atoms with Gasteiger partial charge in [0.2, 0.25) is 0 Å². The smallest absolute Gasteiger partial charge is 0.137 e. The van der Waals surface area contributed by atoms with E-state index in [9.17, 15) is 9.32 Å². The topological polar surface area (TPSA) is 64.9 Å². The van der Waals surface area contributed by atoms with Gasteiger partial charge in [0.05, 0.1) is 17.5 Å². The Balaban J connectivity index is 1.55. The van der Waals surface area contributed by atoms with Crippen LogP contribution in [0, 0.1) is 0 Å². The summed E-state index contributed by atoms with van der Waals surface area (Å²) in [7, 11) is -1.34. The Hall–Kier alpha value is -2.38. The van der Waals surface area contributed by atoms with E-state index >= 15 is 0 Å². The van der Waals surface area contributed by atoms with Gasteiger partial charge in [-0.2, -0.15) is 0 Å². The van der Waals surface area contributed by atoms with Gasteiger partial charge in [-0.15, -0.1) is 0 Å². The van der Waals surface area contributed by atoms with Gasteiger partial charge in [-0.1, -0.05) is 48.0 Å². The van der Waals surface area contributed by atoms with Gasteiger partial charge in [0.25, 0.3) is 0 Å². The highest BCUT2D eigenvalue weighted by atomic mass is 35.5. The standard InChI is InChI=1S/C24H26ClN3O2S/c1-26-31(30,22-14-12-20(25)13-15-22)27-16-21(29)17-28-23-8-4-2-6-18(23)10-11-19-7-3-5-9-24(19)28/h2-9,12-15,21,29H,10-11,16-17H2,1H3,(H,26,27,30). The SMILES string of the molecule is CN=S(=O)(NCC(O)CN1c2ccccc2CCc2ccccc21)c1ccc(Cl)cc1. The molecule has 0 aliphatic carbocycles. The number of anilines is 2. The van der Waals surface area contributed by atoms with E-state index in [4.69, 9.17) is 11.6 Å². The van der Waals surface area contributed by atoms with E-state index in [2.05, 4.69) is 50.4 Å². The summed E-state index contributed by atoms with van der Waals surface area (Å²) in [5, 5.41) is 11.5. The number of halogens is 1. The maximum absolute atomic E-state index is 13.3. The van der Waals surface area contributed by atoms with Crippen molar-refractivity contribution in [1.82, 2.24) is 4.72 Å². The monoisotopic (exact) mass is 455 g/mol. The molecule has 0 bridgehead atoms. The molecule has 162 valence electrons. The van der Waals surface area contributed by atoms with Crippen molar-refractivity contribution in [2.24, 2.45) is 4.36 Å². The lowest BCUT2D eigenvalue weighted by Gasteiger charge is -2.29. The minimum Gasteiger partial charge on any atom is -0.390 e. The van der Waals surface area contributed by atoms with Crippen molar-refractivity contribution in [3.63, 3.8) is 0 Å². The van der Waals surface area contributed by atoms with Crippen molar-refractivity contribution in [3.05, 3.63) is 88.9 Å². The molecule has 2 N–H and O–H groups in total. The Morgan fingerprint density at radius 2 is 1.55 bits per heavy atom. The number of β-amino-alcohol motifs (C(OH)–C–C–N with tert-alkyl or cyclic N) is 1. The van der Waals surface area contributed by atoms with Crippen molar-refractivity contribution in [2.45, 2.75) is 23.8 Å². The lowest BCUT2D eigenvalue weighted by Crippen LogP contribution is -2.38. The predicted molar refractivity (Wildman–Crippen MR) is 128 cm³/mol. The number of aryl methyl sites for hydroxylation is 2. The fourth-order valence-electron chi connectivity index (χ4n) is 3.92. The predicted octanol–water partition coefficient (Wildman–Crippen LogP) is 4.60. The first-order valence-corrected chi connectivity index (χ1v) is 12.2. The van der Waals surface area contributed by atoms with Crippen LogP contribution in [0.15, 0.2) is 82.1 Å². The Bertz CT molecular complexity index is 1130. The van der Waals surface area contributed by atoms with E-state index in [1.54, 1.807) is 24.3 Å². The molecule has 7 heteroatoms. The van der Waals surface area contributed by atoms with Crippen molar-refractivity contribution in [2.75, 3.05) is 25.0 Å². The molecule has 1 heterocycles. The van der Waals surface area contributed by atoms with Crippen LogP contribution in [0.25, 0.3) is 0 Å². The minimum atomic E-state index is -2.85. The number of nitrogens with zero attached hydrogens (tertiary/aromatic N) is 2. The van der Waals surface area contributed by atoms with E-state index in [-0.39, 0.29) is 6.54 Å². The molecular formula is C24H26ClN3O2S. The molecule has 1 aliphatic rings. The largest absolute Gasteiger partial charge is 0.390 e. The molecule has 3 aromatic carbocycles. The lowest BCUT2D eigenvalue weighted by molar-refractivity contribution is 0.187. The zero-order chi connectivity index (χ0) is 21.8. The Labute approximate surface area is 189 Å². The highest BCUT2D eigenvalue weighted by Crippen LogP contribution is 2.35. The summed E-state index contributed by atoms with van der Waals surface area (Å²) in [5.41, 5.74) is 4.72. The fourth-order valence-corrected chi connectivity index (χ4v) is 5.48. The minimum absolute atomic E-state index is 0.139. The molecule has 3 aromatic rings. The second-order valence-electron chi connectivity index (χ2n) is 7.53. The lowest BCUT2D eigenvalue weighted by atomic mass is 10.0. The highest BCUT2D eigenvalue weighted by Gasteiger charge is 2.23. The molecule has 2 unspecified atom stereocenters. The molecule has 31 heavy (non-hydrogen) atoms. The summed E-state index contributed by atoms with van der Waals surface area (Å²) < 4.78 is 20.3. The number of rotatable bonds is 6. The van der Waals surface area contributed by atoms with Crippen LogP contribution >= 0.6 is 11.6 Å². The first kappa shape index (κ1) is 21.8. The summed E-state index contributed by atoms with van der Waals surface area (Å²) in [5.74, 6) is 0. The quantitative estimate of drug-likeness (QED) is 0.571. The summed E-state index contributed by atoms with van der Waals surface area (Å²) in [6, 6.07) is 23.4. The Morgan fingerprint density at radius 1 is 1.00 bits per heavy atom. The van der Waals surface area contributed by atoms with Gasteiger partial charge in [-0.05, 0) is 60.4 Å². The third kappa shape index (κ3) is 4.77. The summed E-state index contributed by atoms with van der Waals surface area (Å²) in [4.78, 5) is 2.70. The van der Waals surface area contributed by atoms with Crippen LogP contribution < -0.4 is 9.62 Å². The van der Waals surface area contributed by atoms with Crippen LogP contribution in [0.4, 0.5) is 11.4 Å². The molecule has 0 radical (unpaired) electrons. The van der Waals surface area contributed by atoms with E-state index < -0.39 is 16.0 Å². The number of hydrogen-bond donors (Lipinski definition) is 2. The van der Waals surface area contributed by atoms with Crippen LogP contribution in [0.3, 0.4) is 0 Å². The summed E-state index contributed by atoms with van der Waals surface area (Å²) >= 11 is 5.95. The van der Waals surface area contributed by atoms with Gasteiger partial charge in [0.15, 0.2) is 0 Å². The first-order chi connectivity index (χ1) is 15.0. The molecule has 2 atom stereocenters. The Kier molecular flexibility index (Phi) is 6.62. The van der Waals surface area contributed by atoms with Crippen LogP contribution in [-0.4, -0.2) is 35.6 Å². The normalized spacial score (nSPS) is 15.9. The molecule has 1 aliphatic heterocycles. The van der Waals surface area contributed by atoms with E-state index in [1.807, 2.05) is 12.1 Å². The van der Waals surface area contributed by atoms with Crippen molar-refractivity contribution >= 4 is 32.9 Å². The molecular weight excluding hydrogens is 430 g/mol. The van der Waals surface area contributed by atoms with Gasteiger partial charge in [-0.3, -0.25) is 0 Å². The van der Waals surface area contributed by atoms with Gasteiger partial charge in [0, 0.05) is 30.0 Å². The zero-order valence-corrected chi connectivity index (χ0v) is 18.9. The van der Waals surface area contributed by atoms with Gasteiger partial charge < -0.3 is 10.0 Å². The number of aliphatic hydroxyl groups excluding tert-OH is 1. The maximum atomic E-state index is 13.3. The second-order valence-corrected chi connectivity index (χ2v) is 10.1. The molecule has 0 aromatic heterocycles. The second kappa shape index (κ2) is 9.40. The number of fused-ring (bicyclic) bond motifs is 2. The third-order valence-electron chi connectivity index (χ3n) is 5.53. The average molecular weight is 456 g/mol. The highest BCUT2D eigenvalue weighted by molar-refractivity contribution is 7.91. The molecule has 5 nitrogen and oxygen atoms in total. The van der Waals surface area contributed by atoms with Crippen LogP contribution in [0.2, 0.25) is 5.02 Å². The number of nitrogens with one attached hydrogen (secondary N) is 1. The fraction of sp³-hybridized carbons (Fsp3) is 0.250. The van der Waals surface area contributed by atoms with Crippen molar-refractivity contribution in [3.8, 4) is 0 Å². The number of benzene rings is 3. The van der Waals surface area contributed by atoms with Crippen LogP contribution in [0.1, 0.15) is 11.1 Å². The number of hydrogen-bond acceptors (Lipinski definition) is 4. The zero-order valence-electron chi connectivity index (χ0n) is 17.4. The third-order valence-corrected chi connectivity index (χ3v) is 7.76. The molecule has 0 saturated heterocycles. The number of para-hydroxylation sites is 2. The van der Waals surface area contributed by atoms with Gasteiger partial charge >= 0.3 is 0 Å². The van der Waals surface area contributed by atoms with Crippen LogP contribution in [-0.2, 0) is 22.8 Å². The van der Waals surface area contributed by atoms with E-state index in [0.717, 1.165) is 24.2 Å². The molecule has 0 amide bonds. The molecule has 0 fully saturated rings. The summed E-state index contributed by atoms with van der Waals surface area (Å²) in [6.07, 6.45) is 1.16. The van der Waals surface area contributed by atoms with Crippen LogP contribution in [0.5, 0.6) is 0 Å². The van der Waals surface area contributed by atoms with E-state index in [1.165, 1.54) is 18.2 Å². The van der Waals surface area contributed by atoms with Gasteiger partial charge in [-0.25, -0.2) is 13.3 Å². The first-order valence-electron chi connectivity index (χ1n) is 10.3. The van der Waals surface area contributed by atoms with Crippen molar-refractivity contribution in [1.29, 1.82) is 0 Å². The van der Waals surface area contributed by atoms with Crippen molar-refractivity contribution < 1.29 is 9.32 Å².